The summed E-state index contributed by atoms with van der Waals surface area (Å²) in [6, 6.07) is 10.1. The van der Waals surface area contributed by atoms with E-state index in [2.05, 4.69) is 12.1 Å². The number of carbonyl (C=O) groups excluding carboxylic acids is 1. The van der Waals surface area contributed by atoms with E-state index in [4.69, 9.17) is 4.74 Å². The maximum Gasteiger partial charge on any atom is 0.248 e. The number of hydrogen-bond donors (Lipinski definition) is 1. The van der Waals surface area contributed by atoms with E-state index in [1.807, 2.05) is 18.2 Å². The van der Waals surface area contributed by atoms with Crippen molar-refractivity contribution in [2.75, 3.05) is 26.3 Å². The molecule has 1 aromatic rings. The van der Waals surface area contributed by atoms with Crippen LogP contribution in [0.1, 0.15) is 18.4 Å². The second kappa shape index (κ2) is 7.26. The Hall–Kier alpha value is -1.39. The summed E-state index contributed by atoms with van der Waals surface area (Å²) in [6.07, 6.45) is 1.93. The largest absolute Gasteiger partial charge is 0.393 e. The first-order valence-electron chi connectivity index (χ1n) is 6.83. The topological polar surface area (TPSA) is 49.8 Å². The molecule has 1 N–H and O–H groups in total. The molecule has 0 unspecified atom stereocenters. The van der Waals surface area contributed by atoms with Crippen LogP contribution in [0.25, 0.3) is 0 Å². The lowest BCUT2D eigenvalue weighted by molar-refractivity contribution is -0.138. The second-order valence-corrected chi connectivity index (χ2v) is 4.90. The van der Waals surface area contributed by atoms with Gasteiger partial charge in [0.2, 0.25) is 5.91 Å². The Balaban J connectivity index is 1.61. The number of amides is 1. The van der Waals surface area contributed by atoms with Gasteiger partial charge in [0.1, 0.15) is 6.61 Å². The molecule has 0 radical (unpaired) electrons. The zero-order valence-electron chi connectivity index (χ0n) is 11.1. The summed E-state index contributed by atoms with van der Waals surface area (Å²) in [6.45, 7) is 1.99. The monoisotopic (exact) mass is 263 g/mol. The zero-order chi connectivity index (χ0) is 13.5. The van der Waals surface area contributed by atoms with Crippen molar-refractivity contribution in [3.05, 3.63) is 35.9 Å². The van der Waals surface area contributed by atoms with E-state index in [0.717, 1.165) is 6.42 Å². The van der Waals surface area contributed by atoms with Gasteiger partial charge in [0.05, 0.1) is 12.7 Å². The van der Waals surface area contributed by atoms with Gasteiger partial charge in [-0.3, -0.25) is 4.79 Å². The molecule has 1 saturated heterocycles. The Kier molecular flexibility index (Phi) is 5.36. The molecular weight excluding hydrogens is 242 g/mol. The van der Waals surface area contributed by atoms with Crippen LogP contribution >= 0.6 is 0 Å². The molecule has 104 valence electrons. The van der Waals surface area contributed by atoms with Crippen molar-refractivity contribution in [1.82, 2.24) is 4.90 Å². The third-order valence-electron chi connectivity index (χ3n) is 3.42. The van der Waals surface area contributed by atoms with Crippen LogP contribution in [0.2, 0.25) is 0 Å². The maximum atomic E-state index is 11.8. The van der Waals surface area contributed by atoms with Crippen LogP contribution in [-0.4, -0.2) is 48.3 Å². The first kappa shape index (κ1) is 14.0. The Morgan fingerprint density at radius 2 is 1.95 bits per heavy atom. The average Bonchev–Trinajstić information content (AvgIpc) is 2.45. The van der Waals surface area contributed by atoms with E-state index in [-0.39, 0.29) is 18.6 Å². The van der Waals surface area contributed by atoms with Crippen molar-refractivity contribution in [1.29, 1.82) is 0 Å². The highest BCUT2D eigenvalue weighted by Crippen LogP contribution is 2.10. The van der Waals surface area contributed by atoms with Gasteiger partial charge in [-0.05, 0) is 24.8 Å². The fraction of sp³-hybridized carbons (Fsp3) is 0.533. The summed E-state index contributed by atoms with van der Waals surface area (Å²) < 4.78 is 5.43. The molecular formula is C15H21NO3. The van der Waals surface area contributed by atoms with Crippen LogP contribution in [0.5, 0.6) is 0 Å². The van der Waals surface area contributed by atoms with Crippen LogP contribution in [0.15, 0.2) is 30.3 Å². The van der Waals surface area contributed by atoms with Gasteiger partial charge >= 0.3 is 0 Å². The molecule has 0 aliphatic carbocycles. The van der Waals surface area contributed by atoms with Crippen molar-refractivity contribution in [2.45, 2.75) is 25.4 Å². The molecule has 1 aliphatic rings. The first-order chi connectivity index (χ1) is 9.25. The minimum Gasteiger partial charge on any atom is -0.393 e. The summed E-state index contributed by atoms with van der Waals surface area (Å²) in [5.41, 5.74) is 1.22. The first-order valence-corrected chi connectivity index (χ1v) is 6.83. The van der Waals surface area contributed by atoms with Crippen LogP contribution in [0.4, 0.5) is 0 Å². The number of benzene rings is 1. The molecule has 2 rings (SSSR count). The molecule has 4 heteroatoms. The smallest absolute Gasteiger partial charge is 0.248 e. The number of nitrogens with zero attached hydrogens (tertiary/aromatic N) is 1. The van der Waals surface area contributed by atoms with Gasteiger partial charge in [0.15, 0.2) is 0 Å². The lowest BCUT2D eigenvalue weighted by Gasteiger charge is -2.29. The number of rotatable bonds is 5. The fourth-order valence-electron chi connectivity index (χ4n) is 2.20. The predicted molar refractivity (Wildman–Crippen MR) is 72.8 cm³/mol. The van der Waals surface area contributed by atoms with E-state index in [9.17, 15) is 9.90 Å². The van der Waals surface area contributed by atoms with Gasteiger partial charge in [-0.15, -0.1) is 0 Å². The van der Waals surface area contributed by atoms with Crippen LogP contribution < -0.4 is 0 Å². The Morgan fingerprint density at radius 3 is 2.63 bits per heavy atom. The van der Waals surface area contributed by atoms with E-state index in [1.165, 1.54) is 5.56 Å². The number of aliphatic hydroxyl groups excluding tert-OH is 1. The zero-order valence-corrected chi connectivity index (χ0v) is 11.1. The molecule has 1 heterocycles. The summed E-state index contributed by atoms with van der Waals surface area (Å²) in [7, 11) is 0. The predicted octanol–water partition coefficient (Wildman–Crippen LogP) is 1.23. The SMILES string of the molecule is O=C(COCCc1ccccc1)N1CCC(O)CC1. The number of likely N-dealkylation sites (tertiary alicyclic amines) is 1. The second-order valence-electron chi connectivity index (χ2n) is 4.90. The van der Waals surface area contributed by atoms with Gasteiger partial charge in [-0.25, -0.2) is 0 Å². The van der Waals surface area contributed by atoms with Crippen molar-refractivity contribution in [3.63, 3.8) is 0 Å². The van der Waals surface area contributed by atoms with Crippen LogP contribution in [-0.2, 0) is 16.0 Å². The maximum absolute atomic E-state index is 11.8. The molecule has 0 bridgehead atoms. The fourth-order valence-corrected chi connectivity index (χ4v) is 2.20. The van der Waals surface area contributed by atoms with E-state index in [1.54, 1.807) is 4.90 Å². The van der Waals surface area contributed by atoms with Crippen LogP contribution in [0.3, 0.4) is 0 Å². The number of ether oxygens (including phenoxy) is 1. The van der Waals surface area contributed by atoms with Gasteiger partial charge in [-0.1, -0.05) is 30.3 Å². The third-order valence-corrected chi connectivity index (χ3v) is 3.42. The molecule has 1 amide bonds. The van der Waals surface area contributed by atoms with Crippen molar-refractivity contribution in [2.24, 2.45) is 0 Å². The van der Waals surface area contributed by atoms with Crippen LogP contribution in [0, 0.1) is 0 Å². The van der Waals surface area contributed by atoms with Crippen molar-refractivity contribution < 1.29 is 14.6 Å². The third kappa shape index (κ3) is 4.65. The van der Waals surface area contributed by atoms with Gasteiger partial charge < -0.3 is 14.7 Å². The number of carbonyl (C=O) groups is 1. The summed E-state index contributed by atoms with van der Waals surface area (Å²) in [5.74, 6) is 0.0277. The van der Waals surface area contributed by atoms with E-state index < -0.39 is 0 Å². The summed E-state index contributed by atoms with van der Waals surface area (Å²) >= 11 is 0. The molecule has 1 aliphatic heterocycles. The highest BCUT2D eigenvalue weighted by atomic mass is 16.5. The highest BCUT2D eigenvalue weighted by Gasteiger charge is 2.20. The molecule has 0 aromatic heterocycles. The van der Waals surface area contributed by atoms with Gasteiger partial charge in [0, 0.05) is 13.1 Å². The minimum atomic E-state index is -0.247. The minimum absolute atomic E-state index is 0.0277. The van der Waals surface area contributed by atoms with Crippen molar-refractivity contribution in [3.8, 4) is 0 Å². The van der Waals surface area contributed by atoms with Gasteiger partial charge in [0.25, 0.3) is 0 Å². The lowest BCUT2D eigenvalue weighted by atomic mass is 10.1. The quantitative estimate of drug-likeness (QED) is 0.813. The Bertz CT molecular complexity index is 386. The molecule has 4 nitrogen and oxygen atoms in total. The number of piperidine rings is 1. The molecule has 19 heavy (non-hydrogen) atoms. The molecule has 0 saturated carbocycles. The Labute approximate surface area is 114 Å². The number of aliphatic hydroxyl groups is 1. The number of hydrogen-bond acceptors (Lipinski definition) is 3. The average molecular weight is 263 g/mol. The normalized spacial score (nSPS) is 16.6. The summed E-state index contributed by atoms with van der Waals surface area (Å²) in [4.78, 5) is 13.6. The summed E-state index contributed by atoms with van der Waals surface area (Å²) in [5, 5.41) is 9.38. The highest BCUT2D eigenvalue weighted by molar-refractivity contribution is 5.77. The standard InChI is InChI=1S/C15H21NO3/c17-14-6-9-16(10-7-14)15(18)12-19-11-8-13-4-2-1-3-5-13/h1-5,14,17H,6-12H2. The van der Waals surface area contributed by atoms with Gasteiger partial charge in [-0.2, -0.15) is 0 Å². The van der Waals surface area contributed by atoms with Crippen molar-refractivity contribution >= 4 is 5.91 Å². The van der Waals surface area contributed by atoms with E-state index >= 15 is 0 Å². The molecule has 1 aromatic carbocycles. The Morgan fingerprint density at radius 1 is 1.26 bits per heavy atom. The lowest BCUT2D eigenvalue weighted by Crippen LogP contribution is -2.41. The van der Waals surface area contributed by atoms with E-state index in [0.29, 0.717) is 32.5 Å². The molecule has 0 atom stereocenters. The molecule has 1 fully saturated rings. The molecule has 0 spiro atoms.